The number of anilines is 1. The Labute approximate surface area is 268 Å². The topological polar surface area (TPSA) is 96.6 Å². The molecule has 2 saturated heterocycles. The van der Waals surface area contributed by atoms with Crippen LogP contribution < -0.4 is 21.1 Å². The second-order valence-corrected chi connectivity index (χ2v) is 13.3. The lowest BCUT2D eigenvalue weighted by atomic mass is 9.91. The zero-order valence-corrected chi connectivity index (χ0v) is 28.2. The molecule has 242 valence electrons. The molecule has 3 N–H and O–H groups in total. The van der Waals surface area contributed by atoms with E-state index in [0.29, 0.717) is 29.3 Å². The highest BCUT2D eigenvalue weighted by atomic mass is 16.1. The summed E-state index contributed by atoms with van der Waals surface area (Å²) in [6, 6.07) is 11.6. The normalized spacial score (nSPS) is 21.1. The average molecular weight is 614 g/mol. The lowest BCUT2D eigenvalue weighted by Crippen LogP contribution is -2.51. The van der Waals surface area contributed by atoms with E-state index in [0.717, 1.165) is 91.4 Å². The number of nitrogens with zero attached hydrogens (tertiary/aromatic N) is 4. The molecule has 45 heavy (non-hydrogen) atoms. The summed E-state index contributed by atoms with van der Waals surface area (Å²) < 4.78 is 0. The molecule has 2 aliphatic heterocycles. The Hall–Kier alpha value is -3.53. The van der Waals surface area contributed by atoms with Crippen molar-refractivity contribution in [3.63, 3.8) is 0 Å². The van der Waals surface area contributed by atoms with Gasteiger partial charge in [-0.15, -0.1) is 0 Å². The molecule has 3 aromatic rings. The number of benzene rings is 1. The minimum absolute atomic E-state index is 0.159. The Kier molecular flexibility index (Phi) is 10.4. The fourth-order valence-electron chi connectivity index (χ4n) is 7.10. The third-order valence-corrected chi connectivity index (χ3v) is 9.60. The van der Waals surface area contributed by atoms with Crippen molar-refractivity contribution in [3.05, 3.63) is 80.5 Å². The van der Waals surface area contributed by atoms with Gasteiger partial charge in [-0.05, 0) is 102 Å². The molecule has 1 amide bonds. The second-order valence-electron chi connectivity index (χ2n) is 13.3. The number of likely N-dealkylation sites (N-methyl/N-ethyl adjacent to an activating group) is 1. The number of carbonyl (C=O) groups excluding carboxylic acids is 1. The number of carbonyl (C=O) groups is 1. The van der Waals surface area contributed by atoms with E-state index in [2.05, 4.69) is 76.3 Å². The van der Waals surface area contributed by atoms with E-state index in [-0.39, 0.29) is 18.0 Å². The van der Waals surface area contributed by atoms with Gasteiger partial charge in [0.15, 0.2) is 0 Å². The van der Waals surface area contributed by atoms with Gasteiger partial charge in [0.05, 0.1) is 5.69 Å². The molecule has 0 bridgehead atoms. The molecule has 0 unspecified atom stereocenters. The van der Waals surface area contributed by atoms with Crippen LogP contribution in [0, 0.1) is 20.8 Å². The average Bonchev–Trinajstić information content (AvgIpc) is 2.99. The lowest BCUT2D eigenvalue weighted by Gasteiger charge is -2.41. The highest BCUT2D eigenvalue weighted by Crippen LogP contribution is 2.34. The number of amides is 1. The summed E-state index contributed by atoms with van der Waals surface area (Å²) in [5.41, 5.74) is 7.77. The van der Waals surface area contributed by atoms with E-state index in [1.165, 1.54) is 0 Å². The van der Waals surface area contributed by atoms with Crippen molar-refractivity contribution in [1.29, 1.82) is 0 Å². The maximum atomic E-state index is 13.9. The van der Waals surface area contributed by atoms with Crippen LogP contribution >= 0.6 is 0 Å². The van der Waals surface area contributed by atoms with Crippen LogP contribution in [0.3, 0.4) is 0 Å². The Balaban J connectivity index is 1.47. The third kappa shape index (κ3) is 7.83. The van der Waals surface area contributed by atoms with Gasteiger partial charge in [-0.3, -0.25) is 19.5 Å². The fourth-order valence-corrected chi connectivity index (χ4v) is 7.10. The van der Waals surface area contributed by atoms with Crippen LogP contribution in [0.15, 0.2) is 41.3 Å². The van der Waals surface area contributed by atoms with Crippen LogP contribution in [0.1, 0.15) is 72.0 Å². The number of hydrogen-bond donors (Lipinski definition) is 3. The lowest BCUT2D eigenvalue weighted by molar-refractivity contribution is 0.0950. The zero-order chi connectivity index (χ0) is 32.2. The van der Waals surface area contributed by atoms with Gasteiger partial charge >= 0.3 is 0 Å². The largest absolute Gasteiger partial charge is 0.368 e. The van der Waals surface area contributed by atoms with Gasteiger partial charge in [0.25, 0.3) is 11.5 Å². The SMILES string of the molecule is CCN(c1cc(-c2ccc(CN3CCN(C)CC3)nc2)cc(C(=O)NCc2c(C)cc(C)[nH]c2=O)c1C)C1C[C@@H](C)N[C@H](C)C1. The van der Waals surface area contributed by atoms with Gasteiger partial charge < -0.3 is 25.4 Å². The Bertz CT molecular complexity index is 1530. The molecule has 2 fully saturated rings. The highest BCUT2D eigenvalue weighted by molar-refractivity contribution is 5.99. The predicted molar refractivity (Wildman–Crippen MR) is 183 cm³/mol. The number of aromatic amines is 1. The maximum Gasteiger partial charge on any atom is 0.253 e. The zero-order valence-electron chi connectivity index (χ0n) is 28.2. The molecular weight excluding hydrogens is 562 g/mol. The summed E-state index contributed by atoms with van der Waals surface area (Å²) in [6.45, 7) is 18.6. The summed E-state index contributed by atoms with van der Waals surface area (Å²) in [5.74, 6) is -0.183. The molecule has 0 spiro atoms. The number of nitrogens with one attached hydrogen (secondary N) is 3. The van der Waals surface area contributed by atoms with Gasteiger partial charge in [0, 0.05) is 98.2 Å². The first-order chi connectivity index (χ1) is 21.5. The summed E-state index contributed by atoms with van der Waals surface area (Å²) in [7, 11) is 2.17. The summed E-state index contributed by atoms with van der Waals surface area (Å²) in [6.07, 6.45) is 4.03. The van der Waals surface area contributed by atoms with E-state index in [9.17, 15) is 9.59 Å². The molecule has 0 aliphatic carbocycles. The van der Waals surface area contributed by atoms with Crippen molar-refractivity contribution >= 4 is 11.6 Å². The van der Waals surface area contributed by atoms with Gasteiger partial charge in [-0.1, -0.05) is 6.07 Å². The quantitative estimate of drug-likeness (QED) is 0.329. The van der Waals surface area contributed by atoms with E-state index in [4.69, 9.17) is 4.98 Å². The molecule has 1 aromatic carbocycles. The van der Waals surface area contributed by atoms with Gasteiger partial charge in [-0.2, -0.15) is 0 Å². The minimum Gasteiger partial charge on any atom is -0.368 e. The standard InChI is InChI=1S/C36H51N7O2/c1-8-43(31-16-25(4)39-26(5)17-31)34-19-29(28-9-10-30(37-20-28)22-42-13-11-41(7)12-14-42)18-32(27(34)6)35(44)38-21-33-23(2)15-24(3)40-36(33)45/h9-10,15,18-20,25-26,31,39H,8,11-14,16-17,21-22H2,1-7H3,(H,38,44)(H,40,45)/t25-,26-/m1/s1. The first kappa shape index (κ1) is 32.9. The Morgan fingerprint density at radius 2 is 1.73 bits per heavy atom. The van der Waals surface area contributed by atoms with Crippen LogP contribution in [-0.2, 0) is 13.1 Å². The molecule has 2 aromatic heterocycles. The smallest absolute Gasteiger partial charge is 0.253 e. The number of pyridine rings is 2. The number of hydrogen-bond acceptors (Lipinski definition) is 7. The maximum absolute atomic E-state index is 13.9. The third-order valence-electron chi connectivity index (χ3n) is 9.60. The molecule has 2 aliphatic rings. The summed E-state index contributed by atoms with van der Waals surface area (Å²) in [4.78, 5) is 41.6. The monoisotopic (exact) mass is 613 g/mol. The summed E-state index contributed by atoms with van der Waals surface area (Å²) >= 11 is 0. The van der Waals surface area contributed by atoms with E-state index in [1.807, 2.05) is 39.1 Å². The molecular formula is C36H51N7O2. The van der Waals surface area contributed by atoms with Crippen molar-refractivity contribution in [1.82, 2.24) is 30.4 Å². The van der Waals surface area contributed by atoms with Crippen LogP contribution in [0.25, 0.3) is 11.1 Å². The molecule has 5 rings (SSSR count). The second kappa shape index (κ2) is 14.3. The van der Waals surface area contributed by atoms with Gasteiger partial charge in [0.2, 0.25) is 0 Å². The van der Waals surface area contributed by atoms with Gasteiger partial charge in [0.1, 0.15) is 0 Å². The van der Waals surface area contributed by atoms with E-state index < -0.39 is 0 Å². The van der Waals surface area contributed by atoms with Crippen LogP contribution in [0.2, 0.25) is 0 Å². The first-order valence-corrected chi connectivity index (χ1v) is 16.5. The molecule has 0 radical (unpaired) electrons. The molecule has 9 nitrogen and oxygen atoms in total. The Morgan fingerprint density at radius 1 is 1.02 bits per heavy atom. The van der Waals surface area contributed by atoms with Crippen molar-refractivity contribution in [3.8, 4) is 11.1 Å². The van der Waals surface area contributed by atoms with E-state index >= 15 is 0 Å². The molecule has 0 saturated carbocycles. The number of H-pyrrole nitrogens is 1. The highest BCUT2D eigenvalue weighted by Gasteiger charge is 2.29. The van der Waals surface area contributed by atoms with E-state index in [1.54, 1.807) is 0 Å². The number of piperazine rings is 1. The fraction of sp³-hybridized carbons (Fsp3) is 0.528. The van der Waals surface area contributed by atoms with Crippen molar-refractivity contribution in [2.45, 2.75) is 85.6 Å². The molecule has 9 heteroatoms. The van der Waals surface area contributed by atoms with Crippen molar-refractivity contribution in [2.24, 2.45) is 0 Å². The molecule has 2 atom stereocenters. The number of aromatic nitrogens is 2. The Morgan fingerprint density at radius 3 is 2.36 bits per heavy atom. The van der Waals surface area contributed by atoms with Crippen LogP contribution in [-0.4, -0.2) is 83.6 Å². The minimum atomic E-state index is -0.183. The number of piperidine rings is 1. The van der Waals surface area contributed by atoms with Gasteiger partial charge in [-0.25, -0.2) is 0 Å². The van der Waals surface area contributed by atoms with Crippen LogP contribution in [0.5, 0.6) is 0 Å². The number of rotatable bonds is 9. The van der Waals surface area contributed by atoms with Crippen molar-refractivity contribution in [2.75, 3.05) is 44.7 Å². The number of aryl methyl sites for hydroxylation is 2. The van der Waals surface area contributed by atoms with Crippen molar-refractivity contribution < 1.29 is 4.79 Å². The first-order valence-electron chi connectivity index (χ1n) is 16.5. The molecule has 4 heterocycles. The summed E-state index contributed by atoms with van der Waals surface area (Å²) in [5, 5.41) is 6.73. The predicted octanol–water partition coefficient (Wildman–Crippen LogP) is 4.39. The van der Waals surface area contributed by atoms with Crippen LogP contribution in [0.4, 0.5) is 5.69 Å².